The smallest absolute Gasteiger partial charge is 0.341 e. The monoisotopic (exact) mass is 229 g/mol. The summed E-state index contributed by atoms with van der Waals surface area (Å²) in [5, 5.41) is 6.26. The van der Waals surface area contributed by atoms with Gasteiger partial charge in [-0.1, -0.05) is 11.3 Å². The Balaban J connectivity index is 2.69. The highest BCUT2D eigenvalue weighted by Gasteiger charge is 2.30. The molecular formula is C5H6F3N3S2. The normalized spacial score (nSPS) is 11.7. The van der Waals surface area contributed by atoms with Gasteiger partial charge in [0.05, 0.1) is 0 Å². The number of nitrogens with one attached hydrogen (secondary N) is 1. The fraction of sp³-hybridized carbons (Fsp3) is 0.600. The van der Waals surface area contributed by atoms with Crippen molar-refractivity contribution in [2.75, 3.05) is 18.5 Å². The third-order valence-corrected chi connectivity index (χ3v) is 2.37. The number of rotatable bonds is 2. The fourth-order valence-corrected chi connectivity index (χ4v) is 1.56. The van der Waals surface area contributed by atoms with Crippen LogP contribution in [0.2, 0.25) is 0 Å². The van der Waals surface area contributed by atoms with Crippen molar-refractivity contribution in [2.24, 2.45) is 0 Å². The summed E-state index contributed by atoms with van der Waals surface area (Å²) in [5.41, 5.74) is 0. The number of nitrogens with zero attached hydrogens (tertiary/aromatic N) is 2. The van der Waals surface area contributed by atoms with Gasteiger partial charge < -0.3 is 4.90 Å². The SMILES string of the molecule is CN(CC(F)(F)F)c1n[nH]c(=S)s1. The molecule has 0 amide bonds. The molecule has 0 saturated heterocycles. The van der Waals surface area contributed by atoms with E-state index in [4.69, 9.17) is 0 Å². The van der Waals surface area contributed by atoms with Gasteiger partial charge in [-0.2, -0.15) is 13.2 Å². The average molecular weight is 229 g/mol. The van der Waals surface area contributed by atoms with Crippen molar-refractivity contribution in [3.05, 3.63) is 3.95 Å². The molecule has 1 N–H and O–H groups in total. The Labute approximate surface area is 81.2 Å². The van der Waals surface area contributed by atoms with E-state index in [1.807, 2.05) is 0 Å². The van der Waals surface area contributed by atoms with Crippen LogP contribution in [0.4, 0.5) is 18.3 Å². The second-order valence-corrected chi connectivity index (χ2v) is 4.01. The zero-order chi connectivity index (χ0) is 10.1. The summed E-state index contributed by atoms with van der Waals surface area (Å²) in [5.74, 6) is 0. The quantitative estimate of drug-likeness (QED) is 0.789. The highest BCUT2D eigenvalue weighted by atomic mass is 32.1. The molecule has 0 aliphatic rings. The van der Waals surface area contributed by atoms with Crippen molar-refractivity contribution in [3.63, 3.8) is 0 Å². The first-order chi connectivity index (χ1) is 5.88. The summed E-state index contributed by atoms with van der Waals surface area (Å²) in [6.45, 7) is -1.02. The van der Waals surface area contributed by atoms with Gasteiger partial charge in [0.1, 0.15) is 6.54 Å². The van der Waals surface area contributed by atoms with E-state index in [9.17, 15) is 13.2 Å². The van der Waals surface area contributed by atoms with Crippen LogP contribution in [-0.4, -0.2) is 30.0 Å². The predicted molar refractivity (Wildman–Crippen MR) is 46.6 cm³/mol. The lowest BCUT2D eigenvalue weighted by Gasteiger charge is -2.16. The minimum Gasteiger partial charge on any atom is -0.341 e. The Morgan fingerprint density at radius 2 is 2.23 bits per heavy atom. The van der Waals surface area contributed by atoms with E-state index in [1.165, 1.54) is 7.05 Å². The fourth-order valence-electron chi connectivity index (χ4n) is 0.722. The number of hydrogen-bond acceptors (Lipinski definition) is 4. The minimum atomic E-state index is -4.22. The van der Waals surface area contributed by atoms with Crippen LogP contribution >= 0.6 is 23.6 Å². The number of alkyl halides is 3. The van der Waals surface area contributed by atoms with Crippen molar-refractivity contribution in [1.82, 2.24) is 10.2 Å². The molecule has 0 atom stereocenters. The molecule has 74 valence electrons. The number of anilines is 1. The molecule has 3 nitrogen and oxygen atoms in total. The Morgan fingerprint density at radius 1 is 1.62 bits per heavy atom. The summed E-state index contributed by atoms with van der Waals surface area (Å²) in [4.78, 5) is 0.997. The van der Waals surface area contributed by atoms with Crippen molar-refractivity contribution in [1.29, 1.82) is 0 Å². The summed E-state index contributed by atoms with van der Waals surface area (Å²) in [7, 11) is 1.31. The molecule has 0 saturated carbocycles. The molecule has 1 heterocycles. The maximum Gasteiger partial charge on any atom is 0.405 e. The largest absolute Gasteiger partial charge is 0.405 e. The Kier molecular flexibility index (Phi) is 2.91. The van der Waals surface area contributed by atoms with Gasteiger partial charge in [-0.25, -0.2) is 0 Å². The van der Waals surface area contributed by atoms with Crippen LogP contribution in [0, 0.1) is 3.95 Å². The van der Waals surface area contributed by atoms with Crippen LogP contribution in [0.15, 0.2) is 0 Å². The van der Waals surface area contributed by atoms with Gasteiger partial charge in [0.15, 0.2) is 3.95 Å². The van der Waals surface area contributed by atoms with E-state index in [0.29, 0.717) is 3.95 Å². The molecule has 0 radical (unpaired) electrons. The molecule has 0 unspecified atom stereocenters. The number of H-pyrrole nitrogens is 1. The van der Waals surface area contributed by atoms with Crippen molar-refractivity contribution in [3.8, 4) is 0 Å². The first-order valence-electron chi connectivity index (χ1n) is 3.22. The Morgan fingerprint density at radius 3 is 2.62 bits per heavy atom. The minimum absolute atomic E-state index is 0.238. The summed E-state index contributed by atoms with van der Waals surface area (Å²) in [6, 6.07) is 0. The Hall–Kier alpha value is -0.630. The van der Waals surface area contributed by atoms with Crippen molar-refractivity contribution in [2.45, 2.75) is 6.18 Å². The number of hydrogen-bond donors (Lipinski definition) is 1. The lowest BCUT2D eigenvalue weighted by Crippen LogP contribution is -2.30. The molecule has 0 fully saturated rings. The van der Waals surface area contributed by atoms with E-state index >= 15 is 0 Å². The van der Waals surface area contributed by atoms with Gasteiger partial charge in [-0.3, -0.25) is 5.10 Å². The Bertz CT molecular complexity index is 328. The molecule has 13 heavy (non-hydrogen) atoms. The molecule has 0 aliphatic carbocycles. The first kappa shape index (κ1) is 10.5. The molecule has 1 rings (SSSR count). The maximum atomic E-state index is 11.9. The van der Waals surface area contributed by atoms with Gasteiger partial charge in [0.2, 0.25) is 5.13 Å². The zero-order valence-corrected chi connectivity index (χ0v) is 8.18. The van der Waals surface area contributed by atoms with E-state index in [-0.39, 0.29) is 5.13 Å². The molecule has 0 aliphatic heterocycles. The van der Waals surface area contributed by atoms with Crippen LogP contribution in [0.25, 0.3) is 0 Å². The lowest BCUT2D eigenvalue weighted by atomic mass is 10.6. The highest BCUT2D eigenvalue weighted by molar-refractivity contribution is 7.73. The van der Waals surface area contributed by atoms with Crippen LogP contribution in [0.5, 0.6) is 0 Å². The van der Waals surface area contributed by atoms with Gasteiger partial charge in [-0.15, -0.1) is 5.10 Å². The van der Waals surface area contributed by atoms with E-state index in [0.717, 1.165) is 16.2 Å². The predicted octanol–water partition coefficient (Wildman–Crippen LogP) is 2.20. The van der Waals surface area contributed by atoms with Crippen LogP contribution in [0.3, 0.4) is 0 Å². The van der Waals surface area contributed by atoms with E-state index in [1.54, 1.807) is 0 Å². The van der Waals surface area contributed by atoms with E-state index in [2.05, 4.69) is 22.4 Å². The summed E-state index contributed by atoms with van der Waals surface area (Å²) in [6.07, 6.45) is -4.22. The lowest BCUT2D eigenvalue weighted by molar-refractivity contribution is -0.119. The first-order valence-corrected chi connectivity index (χ1v) is 4.44. The third kappa shape index (κ3) is 3.31. The average Bonchev–Trinajstić information content (AvgIpc) is 2.31. The third-order valence-electron chi connectivity index (χ3n) is 1.17. The molecule has 1 aromatic rings. The van der Waals surface area contributed by atoms with Gasteiger partial charge >= 0.3 is 6.18 Å². The maximum absolute atomic E-state index is 11.9. The summed E-state index contributed by atoms with van der Waals surface area (Å²) < 4.78 is 36.1. The molecule has 0 bridgehead atoms. The molecular weight excluding hydrogens is 223 g/mol. The number of aromatic amines is 1. The van der Waals surface area contributed by atoms with Crippen LogP contribution in [-0.2, 0) is 0 Å². The van der Waals surface area contributed by atoms with Crippen molar-refractivity contribution < 1.29 is 13.2 Å². The van der Waals surface area contributed by atoms with Crippen LogP contribution < -0.4 is 4.90 Å². The van der Waals surface area contributed by atoms with Crippen molar-refractivity contribution >= 4 is 28.7 Å². The second kappa shape index (κ2) is 3.62. The number of aromatic nitrogens is 2. The summed E-state index contributed by atoms with van der Waals surface area (Å²) >= 11 is 5.70. The van der Waals surface area contributed by atoms with Gasteiger partial charge in [0, 0.05) is 7.05 Å². The standard InChI is InChI=1S/C5H6F3N3S2/c1-11(2-5(6,7)8)3-9-10-4(12)13-3/h2H2,1H3,(H,10,12). The zero-order valence-electron chi connectivity index (χ0n) is 6.55. The topological polar surface area (TPSA) is 31.9 Å². The second-order valence-electron chi connectivity index (χ2n) is 2.37. The molecule has 0 spiro atoms. The molecule has 1 aromatic heterocycles. The van der Waals surface area contributed by atoms with E-state index < -0.39 is 12.7 Å². The molecule has 8 heteroatoms. The molecule has 0 aromatic carbocycles. The van der Waals surface area contributed by atoms with Gasteiger partial charge in [0.25, 0.3) is 0 Å². The van der Waals surface area contributed by atoms with Gasteiger partial charge in [-0.05, 0) is 12.2 Å². The van der Waals surface area contributed by atoms with Crippen LogP contribution in [0.1, 0.15) is 0 Å². The number of halogens is 3. The highest BCUT2D eigenvalue weighted by Crippen LogP contribution is 2.21.